The van der Waals surface area contributed by atoms with Gasteiger partial charge in [0.25, 0.3) is 5.91 Å². The highest BCUT2D eigenvalue weighted by Gasteiger charge is 2.49. The lowest BCUT2D eigenvalue weighted by Gasteiger charge is -2.29. The van der Waals surface area contributed by atoms with E-state index in [0.717, 1.165) is 25.7 Å². The first-order valence-electron chi connectivity index (χ1n) is 8.40. The molecule has 6 nitrogen and oxygen atoms in total. The maximum Gasteiger partial charge on any atom is 0.350 e. The fraction of sp³-hybridized carbons (Fsp3) is 0.500. The van der Waals surface area contributed by atoms with Gasteiger partial charge in [0, 0.05) is 5.57 Å². The zero-order valence-electron chi connectivity index (χ0n) is 14.3. The van der Waals surface area contributed by atoms with Gasteiger partial charge in [-0.1, -0.05) is 12.8 Å². The Balaban J connectivity index is 1.90. The first-order valence-corrected chi connectivity index (χ1v) is 9.28. The Morgan fingerprint density at radius 1 is 1.24 bits per heavy atom. The molecule has 1 spiro atoms. The second-order valence-electron chi connectivity index (χ2n) is 6.41. The van der Waals surface area contributed by atoms with Gasteiger partial charge in [-0.05, 0) is 44.1 Å². The number of hydrogen-bond acceptors (Lipinski definition) is 6. The molecule has 1 aromatic rings. The molecule has 0 atom stereocenters. The number of amides is 1. The average molecular weight is 363 g/mol. The Morgan fingerprint density at radius 3 is 2.56 bits per heavy atom. The predicted molar refractivity (Wildman–Crippen MR) is 93.5 cm³/mol. The van der Waals surface area contributed by atoms with Crippen molar-refractivity contribution in [3.05, 3.63) is 27.5 Å². The summed E-state index contributed by atoms with van der Waals surface area (Å²) in [5.74, 6) is -1.31. The summed E-state index contributed by atoms with van der Waals surface area (Å²) < 4.78 is 10.4. The topological polar surface area (TPSA) is 81.7 Å². The van der Waals surface area contributed by atoms with Crippen molar-refractivity contribution < 1.29 is 23.9 Å². The van der Waals surface area contributed by atoms with Gasteiger partial charge in [-0.2, -0.15) is 0 Å². The fourth-order valence-electron chi connectivity index (χ4n) is 3.62. The second-order valence-corrected chi connectivity index (χ2v) is 7.32. The van der Waals surface area contributed by atoms with E-state index in [1.807, 2.05) is 0 Å². The zero-order chi connectivity index (χ0) is 18.0. The van der Waals surface area contributed by atoms with Crippen LogP contribution in [-0.2, 0) is 19.1 Å². The van der Waals surface area contributed by atoms with E-state index < -0.39 is 17.5 Å². The summed E-state index contributed by atoms with van der Waals surface area (Å²) >= 11 is 1.20. The van der Waals surface area contributed by atoms with Gasteiger partial charge >= 0.3 is 11.9 Å². The summed E-state index contributed by atoms with van der Waals surface area (Å²) in [5, 5.41) is 4.48. The van der Waals surface area contributed by atoms with Gasteiger partial charge in [-0.25, -0.2) is 9.59 Å². The molecule has 2 heterocycles. The van der Waals surface area contributed by atoms with E-state index >= 15 is 0 Å². The lowest BCUT2D eigenvalue weighted by Crippen LogP contribution is -2.37. The molecule has 0 saturated heterocycles. The summed E-state index contributed by atoms with van der Waals surface area (Å²) in [4.78, 5) is 37.3. The van der Waals surface area contributed by atoms with Crippen molar-refractivity contribution in [2.45, 2.75) is 51.0 Å². The van der Waals surface area contributed by atoms with Gasteiger partial charge in [0.1, 0.15) is 10.5 Å². The molecule has 1 aromatic heterocycles. The van der Waals surface area contributed by atoms with E-state index in [2.05, 4.69) is 5.32 Å². The molecular weight excluding hydrogens is 342 g/mol. The zero-order valence-corrected chi connectivity index (χ0v) is 15.2. The Hall–Kier alpha value is -2.15. The van der Waals surface area contributed by atoms with Crippen LogP contribution >= 0.6 is 11.3 Å². The second kappa shape index (κ2) is 7.00. The van der Waals surface area contributed by atoms with Gasteiger partial charge < -0.3 is 14.8 Å². The number of anilines is 1. The van der Waals surface area contributed by atoms with Crippen LogP contribution in [0, 0.1) is 0 Å². The molecule has 0 radical (unpaired) electrons. The van der Waals surface area contributed by atoms with Gasteiger partial charge in [-0.3, -0.25) is 4.79 Å². The van der Waals surface area contributed by atoms with Crippen molar-refractivity contribution in [2.75, 3.05) is 12.4 Å². The van der Waals surface area contributed by atoms with E-state index in [9.17, 15) is 14.4 Å². The van der Waals surface area contributed by atoms with Crippen molar-refractivity contribution in [1.29, 1.82) is 0 Å². The number of rotatable bonds is 3. The summed E-state index contributed by atoms with van der Waals surface area (Å²) in [6.45, 7) is 1.63. The molecule has 1 fully saturated rings. The third-order valence-corrected chi connectivity index (χ3v) is 5.74. The van der Waals surface area contributed by atoms with Crippen molar-refractivity contribution in [3.8, 4) is 0 Å². The highest BCUT2D eigenvalue weighted by atomic mass is 32.1. The minimum atomic E-state index is -0.830. The van der Waals surface area contributed by atoms with Crippen LogP contribution < -0.4 is 5.32 Å². The van der Waals surface area contributed by atoms with Crippen LogP contribution in [0.4, 0.5) is 5.69 Å². The standard InChI is InChI=1S/C18H21NO5S/c1-11-13(18(24-16(11)21)8-5-3-4-6-9-18)15(20)19-12-7-10-25-14(12)17(22)23-2/h7,10H,3-6,8-9H2,1-2H3,(H,19,20). The highest BCUT2D eigenvalue weighted by Crippen LogP contribution is 2.43. The Morgan fingerprint density at radius 2 is 1.92 bits per heavy atom. The quantitative estimate of drug-likeness (QED) is 0.832. The molecule has 0 bridgehead atoms. The van der Waals surface area contributed by atoms with Crippen LogP contribution in [0.15, 0.2) is 22.6 Å². The van der Waals surface area contributed by atoms with E-state index in [1.165, 1.54) is 18.4 Å². The summed E-state index contributed by atoms with van der Waals surface area (Å²) in [7, 11) is 1.30. The number of carbonyl (C=O) groups excluding carboxylic acids is 3. The summed E-state index contributed by atoms with van der Waals surface area (Å²) in [6.07, 6.45) is 5.31. The Kier molecular flexibility index (Phi) is 4.94. The number of hydrogen-bond donors (Lipinski definition) is 1. The van der Waals surface area contributed by atoms with Crippen LogP contribution in [0.1, 0.15) is 55.1 Å². The molecule has 1 aliphatic carbocycles. The molecule has 2 aliphatic rings. The lowest BCUT2D eigenvalue weighted by molar-refractivity contribution is -0.148. The predicted octanol–water partition coefficient (Wildman–Crippen LogP) is 3.44. The lowest BCUT2D eigenvalue weighted by atomic mass is 9.84. The molecule has 134 valence electrons. The van der Waals surface area contributed by atoms with Gasteiger partial charge in [0.15, 0.2) is 0 Å². The summed E-state index contributed by atoms with van der Waals surface area (Å²) in [5.41, 5.74) is 0.323. The highest BCUT2D eigenvalue weighted by molar-refractivity contribution is 7.12. The van der Waals surface area contributed by atoms with Crippen molar-refractivity contribution >= 4 is 34.9 Å². The van der Waals surface area contributed by atoms with Crippen molar-refractivity contribution in [1.82, 2.24) is 0 Å². The fourth-order valence-corrected chi connectivity index (χ4v) is 4.39. The third kappa shape index (κ3) is 3.20. The molecule has 0 unspecified atom stereocenters. The summed E-state index contributed by atoms with van der Waals surface area (Å²) in [6, 6.07) is 1.65. The monoisotopic (exact) mass is 363 g/mol. The number of methoxy groups -OCH3 is 1. The molecular formula is C18H21NO5S. The minimum absolute atomic E-state index is 0.328. The van der Waals surface area contributed by atoms with Crippen LogP contribution in [-0.4, -0.2) is 30.6 Å². The molecule has 0 aromatic carbocycles. The van der Waals surface area contributed by atoms with Crippen LogP contribution in [0.3, 0.4) is 0 Å². The third-order valence-electron chi connectivity index (χ3n) is 4.85. The normalized spacial score (nSPS) is 19.5. The molecule has 7 heteroatoms. The van der Waals surface area contributed by atoms with E-state index in [4.69, 9.17) is 9.47 Å². The van der Waals surface area contributed by atoms with Crippen LogP contribution in [0.2, 0.25) is 0 Å². The van der Waals surface area contributed by atoms with E-state index in [1.54, 1.807) is 18.4 Å². The number of thiophene rings is 1. The largest absolute Gasteiger partial charge is 0.465 e. The average Bonchev–Trinajstić information content (AvgIpc) is 3.04. The molecule has 25 heavy (non-hydrogen) atoms. The Bertz CT molecular complexity index is 740. The first kappa shape index (κ1) is 17.7. The number of ether oxygens (including phenoxy) is 2. The Labute approximate surface area is 150 Å². The number of esters is 2. The van der Waals surface area contributed by atoms with Gasteiger partial charge in [-0.15, -0.1) is 11.3 Å². The first-order chi connectivity index (χ1) is 12.0. The maximum absolute atomic E-state index is 13.0. The van der Waals surface area contributed by atoms with E-state index in [0.29, 0.717) is 34.6 Å². The maximum atomic E-state index is 13.0. The van der Waals surface area contributed by atoms with Crippen molar-refractivity contribution in [2.24, 2.45) is 0 Å². The number of carbonyl (C=O) groups is 3. The molecule has 3 rings (SSSR count). The molecule has 1 saturated carbocycles. The SMILES string of the molecule is COC(=O)c1sccc1NC(=O)C1=C(C)C(=O)OC12CCCCCC2. The van der Waals surface area contributed by atoms with Crippen molar-refractivity contribution in [3.63, 3.8) is 0 Å². The van der Waals surface area contributed by atoms with Gasteiger partial charge in [0.05, 0.1) is 18.4 Å². The van der Waals surface area contributed by atoms with Crippen LogP contribution in [0.25, 0.3) is 0 Å². The smallest absolute Gasteiger partial charge is 0.350 e. The van der Waals surface area contributed by atoms with Crippen LogP contribution in [0.5, 0.6) is 0 Å². The van der Waals surface area contributed by atoms with Gasteiger partial charge in [0.2, 0.25) is 0 Å². The van der Waals surface area contributed by atoms with E-state index in [-0.39, 0.29) is 5.91 Å². The molecule has 1 N–H and O–H groups in total. The minimum Gasteiger partial charge on any atom is -0.465 e. The molecule has 1 amide bonds. The molecule has 1 aliphatic heterocycles. The number of nitrogens with one attached hydrogen (secondary N) is 1.